The van der Waals surface area contributed by atoms with E-state index in [0.29, 0.717) is 0 Å². The highest BCUT2D eigenvalue weighted by Crippen LogP contribution is 2.26. The third kappa shape index (κ3) is 3.75. The third-order valence-corrected chi connectivity index (χ3v) is 4.94. The number of benzene rings is 1. The average molecular weight is 250 g/mol. The average Bonchev–Trinajstić information content (AvgIpc) is 2.39. The fourth-order valence-corrected chi connectivity index (χ4v) is 3.87. The summed E-state index contributed by atoms with van der Waals surface area (Å²) in [6, 6.07) is 11.0. The fraction of sp³-hybridized carbons (Fsp3) is 0.600. The van der Waals surface area contributed by atoms with Gasteiger partial charge in [0.1, 0.15) is 12.4 Å². The Labute approximate surface area is 110 Å². The molecule has 1 heterocycles. The molecule has 1 aromatic carbocycles. The number of hydrogen-bond donors (Lipinski definition) is 0. The lowest BCUT2D eigenvalue weighted by molar-refractivity contribution is -0.930. The van der Waals surface area contributed by atoms with Gasteiger partial charge in [-0.05, 0) is 6.42 Å². The molecule has 0 aliphatic carbocycles. The molecule has 1 fully saturated rings. The highest BCUT2D eigenvalue weighted by molar-refractivity contribution is 7.99. The van der Waals surface area contributed by atoms with Crippen LogP contribution in [0.25, 0.3) is 0 Å². The van der Waals surface area contributed by atoms with Crippen LogP contribution >= 0.6 is 11.8 Å². The van der Waals surface area contributed by atoms with E-state index < -0.39 is 0 Å². The number of unbranched alkanes of at least 4 members (excludes halogenated alkanes) is 1. The zero-order valence-corrected chi connectivity index (χ0v) is 11.7. The summed E-state index contributed by atoms with van der Waals surface area (Å²) in [7, 11) is 0. The Balaban J connectivity index is 2.04. The lowest BCUT2D eigenvalue weighted by Gasteiger charge is -2.41. The van der Waals surface area contributed by atoms with Gasteiger partial charge in [0.05, 0.1) is 13.1 Å². The van der Waals surface area contributed by atoms with E-state index in [4.69, 9.17) is 0 Å². The number of hydrogen-bond acceptors (Lipinski definition) is 1. The van der Waals surface area contributed by atoms with Crippen LogP contribution in [0, 0.1) is 0 Å². The van der Waals surface area contributed by atoms with Gasteiger partial charge in [0.2, 0.25) is 0 Å². The molecule has 0 bridgehead atoms. The van der Waals surface area contributed by atoms with E-state index in [1.807, 2.05) is 0 Å². The molecule has 1 unspecified atom stereocenters. The molecule has 1 atom stereocenters. The maximum Gasteiger partial charge on any atom is 0.126 e. The molecular weight excluding hydrogens is 226 g/mol. The van der Waals surface area contributed by atoms with Crippen LogP contribution in [0.15, 0.2) is 30.3 Å². The molecule has 1 nitrogen and oxygen atoms in total. The van der Waals surface area contributed by atoms with E-state index in [2.05, 4.69) is 49.0 Å². The van der Waals surface area contributed by atoms with E-state index in [1.165, 1.54) is 60.6 Å². The molecule has 2 heteroatoms. The van der Waals surface area contributed by atoms with Gasteiger partial charge in [-0.1, -0.05) is 43.7 Å². The standard InChI is InChI=1S/C15H24NS/c1-2-3-10-16(11-7-12-17-14-16)13-15-8-5-4-6-9-15/h4-6,8-9H,2-3,7,10-14H2,1H3/q+1. The minimum Gasteiger partial charge on any atom is -0.311 e. The van der Waals surface area contributed by atoms with Crippen molar-refractivity contribution in [2.75, 3.05) is 24.7 Å². The van der Waals surface area contributed by atoms with Crippen molar-refractivity contribution in [2.45, 2.75) is 32.7 Å². The normalized spacial score (nSPS) is 24.8. The van der Waals surface area contributed by atoms with E-state index in [0.717, 1.165) is 0 Å². The molecule has 0 saturated carbocycles. The van der Waals surface area contributed by atoms with Crippen LogP contribution in [-0.2, 0) is 6.54 Å². The molecule has 2 rings (SSSR count). The Kier molecular flexibility index (Phi) is 4.93. The molecule has 0 aromatic heterocycles. The molecule has 1 saturated heterocycles. The topological polar surface area (TPSA) is 0 Å². The van der Waals surface area contributed by atoms with E-state index in [-0.39, 0.29) is 0 Å². The minimum atomic E-state index is 1.23. The lowest BCUT2D eigenvalue weighted by Crippen LogP contribution is -2.50. The summed E-state index contributed by atoms with van der Waals surface area (Å²) in [5.74, 6) is 2.68. The monoisotopic (exact) mass is 250 g/mol. The molecule has 94 valence electrons. The number of thioether (sulfide) groups is 1. The van der Waals surface area contributed by atoms with E-state index in [9.17, 15) is 0 Å². The lowest BCUT2D eigenvalue weighted by atomic mass is 10.1. The van der Waals surface area contributed by atoms with Gasteiger partial charge in [-0.15, -0.1) is 11.8 Å². The van der Waals surface area contributed by atoms with Crippen molar-refractivity contribution in [1.82, 2.24) is 0 Å². The predicted molar refractivity (Wildman–Crippen MR) is 77.0 cm³/mol. The number of nitrogens with zero attached hydrogens (tertiary/aromatic N) is 1. The first kappa shape index (κ1) is 13.0. The molecule has 1 aliphatic heterocycles. The van der Waals surface area contributed by atoms with Crippen molar-refractivity contribution in [2.24, 2.45) is 0 Å². The van der Waals surface area contributed by atoms with Crippen LogP contribution in [-0.4, -0.2) is 29.2 Å². The smallest absolute Gasteiger partial charge is 0.126 e. The van der Waals surface area contributed by atoms with Gasteiger partial charge in [0.15, 0.2) is 0 Å². The quantitative estimate of drug-likeness (QED) is 0.714. The van der Waals surface area contributed by atoms with Crippen LogP contribution in [0.4, 0.5) is 0 Å². The minimum absolute atomic E-state index is 1.23. The fourth-order valence-electron chi connectivity index (χ4n) is 2.67. The first-order valence-corrected chi connectivity index (χ1v) is 7.97. The van der Waals surface area contributed by atoms with Gasteiger partial charge >= 0.3 is 0 Å². The van der Waals surface area contributed by atoms with Crippen molar-refractivity contribution >= 4 is 11.8 Å². The van der Waals surface area contributed by atoms with Crippen LogP contribution in [0.1, 0.15) is 31.7 Å². The Hall–Kier alpha value is -0.470. The van der Waals surface area contributed by atoms with Crippen molar-refractivity contribution in [3.8, 4) is 0 Å². The Morgan fingerprint density at radius 2 is 2.06 bits per heavy atom. The SMILES string of the molecule is CCCC[N+]1(Cc2ccccc2)CCCSC1. The first-order chi connectivity index (χ1) is 8.35. The second-order valence-corrected chi connectivity index (χ2v) is 6.25. The highest BCUT2D eigenvalue weighted by atomic mass is 32.2. The van der Waals surface area contributed by atoms with Crippen molar-refractivity contribution in [3.63, 3.8) is 0 Å². The van der Waals surface area contributed by atoms with Crippen LogP contribution in [0.2, 0.25) is 0 Å². The highest BCUT2D eigenvalue weighted by Gasteiger charge is 2.29. The number of rotatable bonds is 5. The predicted octanol–water partition coefficient (Wildman–Crippen LogP) is 3.90. The van der Waals surface area contributed by atoms with E-state index >= 15 is 0 Å². The summed E-state index contributed by atoms with van der Waals surface area (Å²) in [6.45, 7) is 6.27. The zero-order chi connectivity index (χ0) is 12.0. The Morgan fingerprint density at radius 1 is 1.24 bits per heavy atom. The Morgan fingerprint density at radius 3 is 2.71 bits per heavy atom. The summed E-state index contributed by atoms with van der Waals surface area (Å²) in [4.78, 5) is 0. The Bertz CT molecular complexity index is 317. The maximum absolute atomic E-state index is 2.30. The second-order valence-electron chi connectivity index (χ2n) is 5.18. The van der Waals surface area contributed by atoms with Gasteiger partial charge in [-0.3, -0.25) is 0 Å². The van der Waals surface area contributed by atoms with Crippen molar-refractivity contribution < 1.29 is 4.48 Å². The summed E-state index contributed by atoms with van der Waals surface area (Å²) in [5.41, 5.74) is 1.51. The van der Waals surface area contributed by atoms with Crippen molar-refractivity contribution in [3.05, 3.63) is 35.9 Å². The van der Waals surface area contributed by atoms with Crippen LogP contribution < -0.4 is 0 Å². The van der Waals surface area contributed by atoms with Gasteiger partial charge in [0, 0.05) is 17.7 Å². The molecule has 0 amide bonds. The largest absolute Gasteiger partial charge is 0.311 e. The molecule has 0 N–H and O–H groups in total. The first-order valence-electron chi connectivity index (χ1n) is 6.81. The van der Waals surface area contributed by atoms with Gasteiger partial charge in [-0.25, -0.2) is 0 Å². The summed E-state index contributed by atoms with van der Waals surface area (Å²) >= 11 is 2.14. The summed E-state index contributed by atoms with van der Waals surface area (Å²) in [6.07, 6.45) is 4.08. The molecule has 0 radical (unpaired) electrons. The summed E-state index contributed by atoms with van der Waals surface area (Å²) < 4.78 is 1.31. The maximum atomic E-state index is 2.30. The summed E-state index contributed by atoms with van der Waals surface area (Å²) in [5, 5.41) is 0. The van der Waals surface area contributed by atoms with Crippen LogP contribution in [0.3, 0.4) is 0 Å². The third-order valence-electron chi connectivity index (χ3n) is 3.63. The molecule has 0 spiro atoms. The molecular formula is C15H24NS+. The van der Waals surface area contributed by atoms with Gasteiger partial charge < -0.3 is 4.48 Å². The molecule has 1 aliphatic rings. The van der Waals surface area contributed by atoms with Crippen LogP contribution in [0.5, 0.6) is 0 Å². The van der Waals surface area contributed by atoms with Crippen molar-refractivity contribution in [1.29, 1.82) is 0 Å². The molecule has 17 heavy (non-hydrogen) atoms. The number of quaternary nitrogens is 1. The zero-order valence-electron chi connectivity index (χ0n) is 10.9. The van der Waals surface area contributed by atoms with Gasteiger partial charge in [0.25, 0.3) is 0 Å². The van der Waals surface area contributed by atoms with E-state index in [1.54, 1.807) is 0 Å². The second kappa shape index (κ2) is 6.46. The molecule has 1 aromatic rings. The van der Waals surface area contributed by atoms with Gasteiger partial charge in [-0.2, -0.15) is 0 Å².